The highest BCUT2D eigenvalue weighted by molar-refractivity contribution is 7.92. The van der Waals surface area contributed by atoms with Gasteiger partial charge in [0, 0.05) is 0 Å². The average molecular weight is 297 g/mol. The molecule has 0 unspecified atom stereocenters. The molecule has 1 aromatic carbocycles. The fourth-order valence-corrected chi connectivity index (χ4v) is 3.04. The second-order valence-electron chi connectivity index (χ2n) is 4.19. The Kier molecular flexibility index (Phi) is 3.78. The minimum absolute atomic E-state index is 0.224. The first-order chi connectivity index (χ1) is 8.88. The summed E-state index contributed by atoms with van der Waals surface area (Å²) in [6.45, 7) is 3.54. The van der Waals surface area contributed by atoms with Crippen LogP contribution in [0.3, 0.4) is 0 Å². The molecule has 0 radical (unpaired) electrons. The van der Waals surface area contributed by atoms with Crippen LogP contribution in [-0.4, -0.2) is 13.4 Å². The number of halogens is 1. The van der Waals surface area contributed by atoms with E-state index in [1.165, 1.54) is 0 Å². The topological polar surface area (TPSA) is 59.1 Å². The number of benzene rings is 1. The van der Waals surface area contributed by atoms with Crippen LogP contribution in [0.5, 0.6) is 0 Å². The van der Waals surface area contributed by atoms with Gasteiger partial charge in [-0.25, -0.2) is 13.4 Å². The average Bonchev–Trinajstić information content (AvgIpc) is 2.33. The number of aromatic nitrogens is 1. The van der Waals surface area contributed by atoms with Crippen molar-refractivity contribution < 1.29 is 8.42 Å². The molecule has 1 N–H and O–H groups in total. The molecule has 6 heteroatoms. The molecule has 0 bridgehead atoms. The summed E-state index contributed by atoms with van der Waals surface area (Å²) in [7, 11) is -3.60. The number of nitrogens with one attached hydrogen (secondary N) is 1. The smallest absolute Gasteiger partial charge is 0.261 e. The maximum atomic E-state index is 12.2. The van der Waals surface area contributed by atoms with Crippen LogP contribution in [0.2, 0.25) is 5.15 Å². The lowest BCUT2D eigenvalue weighted by atomic mass is 10.2. The van der Waals surface area contributed by atoms with Gasteiger partial charge >= 0.3 is 0 Å². The van der Waals surface area contributed by atoms with E-state index in [0.29, 0.717) is 16.5 Å². The van der Waals surface area contributed by atoms with Crippen LogP contribution in [0.4, 0.5) is 5.69 Å². The lowest BCUT2D eigenvalue weighted by molar-refractivity contribution is 0.601. The third-order valence-electron chi connectivity index (χ3n) is 2.60. The Bertz CT molecular complexity index is 714. The second kappa shape index (κ2) is 5.19. The van der Waals surface area contributed by atoms with E-state index in [1.807, 2.05) is 13.0 Å². The lowest BCUT2D eigenvalue weighted by Gasteiger charge is -2.10. The van der Waals surface area contributed by atoms with Gasteiger partial charge in [-0.1, -0.05) is 23.7 Å². The molecule has 0 atom stereocenters. The van der Waals surface area contributed by atoms with E-state index in [-0.39, 0.29) is 4.90 Å². The predicted octanol–water partition coefficient (Wildman–Crippen LogP) is 3.15. The first-order valence-electron chi connectivity index (χ1n) is 5.61. The highest BCUT2D eigenvalue weighted by atomic mass is 35.5. The molecule has 0 aliphatic rings. The quantitative estimate of drug-likeness (QED) is 0.885. The van der Waals surface area contributed by atoms with Gasteiger partial charge in [-0.05, 0) is 43.7 Å². The van der Waals surface area contributed by atoms with Gasteiger partial charge < -0.3 is 0 Å². The molecule has 0 aliphatic heterocycles. The summed E-state index contributed by atoms with van der Waals surface area (Å²) < 4.78 is 26.9. The van der Waals surface area contributed by atoms with Gasteiger partial charge in [-0.3, -0.25) is 4.72 Å². The Labute approximate surface area is 117 Å². The Hall–Kier alpha value is -1.59. The molecule has 2 aromatic rings. The van der Waals surface area contributed by atoms with Crippen molar-refractivity contribution in [3.05, 3.63) is 52.8 Å². The third-order valence-corrected chi connectivity index (χ3v) is 4.17. The van der Waals surface area contributed by atoms with E-state index in [1.54, 1.807) is 37.3 Å². The summed E-state index contributed by atoms with van der Waals surface area (Å²) in [5.74, 6) is 0. The fourth-order valence-electron chi connectivity index (χ4n) is 1.62. The fraction of sp³-hybridized carbons (Fsp3) is 0.154. The number of nitrogens with zero attached hydrogens (tertiary/aromatic N) is 1. The Morgan fingerprint density at radius 1 is 1.16 bits per heavy atom. The first kappa shape index (κ1) is 13.8. The third kappa shape index (κ3) is 3.24. The van der Waals surface area contributed by atoms with Crippen molar-refractivity contribution in [1.82, 2.24) is 4.98 Å². The van der Waals surface area contributed by atoms with E-state index < -0.39 is 10.0 Å². The largest absolute Gasteiger partial charge is 0.278 e. The van der Waals surface area contributed by atoms with Gasteiger partial charge in [0.2, 0.25) is 0 Å². The Balaban J connectivity index is 2.36. The van der Waals surface area contributed by atoms with Crippen molar-refractivity contribution >= 4 is 27.3 Å². The molecule has 0 saturated carbocycles. The van der Waals surface area contributed by atoms with E-state index in [0.717, 1.165) is 5.56 Å². The Morgan fingerprint density at radius 2 is 1.89 bits per heavy atom. The maximum Gasteiger partial charge on any atom is 0.261 e. The van der Waals surface area contributed by atoms with Gasteiger partial charge in [0.25, 0.3) is 10.0 Å². The summed E-state index contributed by atoms with van der Waals surface area (Å²) in [5, 5.41) is 0.330. The molecule has 0 amide bonds. The summed E-state index contributed by atoms with van der Waals surface area (Å²) >= 11 is 5.74. The highest BCUT2D eigenvalue weighted by Gasteiger charge is 2.15. The summed E-state index contributed by atoms with van der Waals surface area (Å²) in [5.41, 5.74) is 1.84. The number of aryl methyl sites for hydroxylation is 2. The van der Waals surface area contributed by atoms with Crippen molar-refractivity contribution in [2.75, 3.05) is 4.72 Å². The molecule has 4 nitrogen and oxygen atoms in total. The number of pyridine rings is 1. The van der Waals surface area contributed by atoms with Gasteiger partial charge in [0.05, 0.1) is 16.3 Å². The molecule has 19 heavy (non-hydrogen) atoms. The van der Waals surface area contributed by atoms with Gasteiger partial charge in [-0.15, -0.1) is 0 Å². The summed E-state index contributed by atoms with van der Waals surface area (Å²) in [6, 6.07) is 9.85. The molecule has 1 aromatic heterocycles. The van der Waals surface area contributed by atoms with Crippen LogP contribution in [0.1, 0.15) is 11.3 Å². The van der Waals surface area contributed by atoms with Crippen LogP contribution in [-0.2, 0) is 10.0 Å². The Morgan fingerprint density at radius 3 is 2.53 bits per heavy atom. The molecule has 0 spiro atoms. The zero-order chi connectivity index (χ0) is 14.0. The van der Waals surface area contributed by atoms with Crippen molar-refractivity contribution in [3.63, 3.8) is 0 Å². The molecule has 0 fully saturated rings. The molecule has 0 aliphatic carbocycles. The van der Waals surface area contributed by atoms with Crippen LogP contribution in [0, 0.1) is 13.8 Å². The number of hydrogen-bond acceptors (Lipinski definition) is 3. The summed E-state index contributed by atoms with van der Waals surface area (Å²) in [4.78, 5) is 4.23. The normalized spacial score (nSPS) is 11.3. The van der Waals surface area contributed by atoms with Gasteiger partial charge in [0.1, 0.15) is 5.15 Å². The van der Waals surface area contributed by atoms with Gasteiger partial charge in [-0.2, -0.15) is 0 Å². The first-order valence-corrected chi connectivity index (χ1v) is 7.47. The van der Waals surface area contributed by atoms with E-state index in [2.05, 4.69) is 9.71 Å². The minimum Gasteiger partial charge on any atom is -0.278 e. The molecule has 100 valence electrons. The van der Waals surface area contributed by atoms with Crippen molar-refractivity contribution in [2.24, 2.45) is 0 Å². The van der Waals surface area contributed by atoms with Crippen LogP contribution in [0.15, 0.2) is 41.3 Å². The SMILES string of the molecule is Cc1cccc(S(=O)(=O)Nc2ccc(Cl)nc2C)c1. The van der Waals surface area contributed by atoms with E-state index in [4.69, 9.17) is 11.6 Å². The van der Waals surface area contributed by atoms with Crippen LogP contribution in [0.25, 0.3) is 0 Å². The number of hydrogen-bond donors (Lipinski definition) is 1. The summed E-state index contributed by atoms with van der Waals surface area (Å²) in [6.07, 6.45) is 0. The zero-order valence-corrected chi connectivity index (χ0v) is 12.1. The molecule has 1 heterocycles. The maximum absolute atomic E-state index is 12.2. The van der Waals surface area contributed by atoms with Gasteiger partial charge in [0.15, 0.2) is 0 Å². The number of anilines is 1. The minimum atomic E-state index is -3.60. The highest BCUT2D eigenvalue weighted by Crippen LogP contribution is 2.20. The van der Waals surface area contributed by atoms with E-state index in [9.17, 15) is 8.42 Å². The number of rotatable bonds is 3. The molecular weight excluding hydrogens is 284 g/mol. The van der Waals surface area contributed by atoms with Crippen molar-refractivity contribution in [3.8, 4) is 0 Å². The lowest BCUT2D eigenvalue weighted by Crippen LogP contribution is -2.14. The molecular formula is C13H13ClN2O2S. The predicted molar refractivity (Wildman–Crippen MR) is 76.0 cm³/mol. The molecule has 0 saturated heterocycles. The van der Waals surface area contributed by atoms with Crippen molar-refractivity contribution in [1.29, 1.82) is 0 Å². The second-order valence-corrected chi connectivity index (χ2v) is 6.26. The standard InChI is InChI=1S/C13H13ClN2O2S/c1-9-4-3-5-11(8-9)19(17,18)16-12-6-7-13(14)15-10(12)2/h3-8,16H,1-2H3. The van der Waals surface area contributed by atoms with Crippen LogP contribution < -0.4 is 4.72 Å². The van der Waals surface area contributed by atoms with E-state index >= 15 is 0 Å². The zero-order valence-electron chi connectivity index (χ0n) is 10.5. The number of sulfonamides is 1. The van der Waals surface area contributed by atoms with Crippen molar-refractivity contribution in [2.45, 2.75) is 18.7 Å². The van der Waals surface area contributed by atoms with Crippen LogP contribution >= 0.6 is 11.6 Å². The molecule has 2 rings (SSSR count). The monoisotopic (exact) mass is 296 g/mol.